The smallest absolute Gasteiger partial charge is 0.259 e. The Kier molecular flexibility index (Phi) is 3.50. The second kappa shape index (κ2) is 5.70. The number of aromatic nitrogens is 1. The number of nitrogens with one attached hydrogen (secondary N) is 1. The predicted octanol–water partition coefficient (Wildman–Crippen LogP) is 2.35. The molecule has 0 radical (unpaired) electrons. The van der Waals surface area contributed by atoms with Crippen molar-refractivity contribution in [3.8, 4) is 11.3 Å². The minimum atomic E-state index is -0.151. The first-order valence-electron chi connectivity index (χ1n) is 8.13. The number of pyridine rings is 1. The van der Waals surface area contributed by atoms with E-state index in [-0.39, 0.29) is 17.2 Å². The third-order valence-corrected chi connectivity index (χ3v) is 4.54. The standard InChI is InChI=1S/C20H16N2O3/c1-12(23)21-10-11-22-18-14-7-3-4-8-15(14)19(24)17(18)13-6-2-5-9-16(13)20(22)25/h2-9H,10-11H2,1H3,(H,21,23). The number of nitrogens with zero attached hydrogens (tertiary/aromatic N) is 1. The van der Waals surface area contributed by atoms with Crippen molar-refractivity contribution >= 4 is 22.5 Å². The van der Waals surface area contributed by atoms with Gasteiger partial charge in [0, 0.05) is 41.9 Å². The molecular formula is C20H16N2O3. The fraction of sp³-hybridized carbons (Fsp3) is 0.150. The van der Waals surface area contributed by atoms with Gasteiger partial charge in [-0.1, -0.05) is 42.5 Å². The summed E-state index contributed by atoms with van der Waals surface area (Å²) in [7, 11) is 0. The predicted molar refractivity (Wildman–Crippen MR) is 95.8 cm³/mol. The maximum absolute atomic E-state index is 13.0. The van der Waals surface area contributed by atoms with Gasteiger partial charge < -0.3 is 9.88 Å². The number of hydrogen-bond acceptors (Lipinski definition) is 3. The Bertz CT molecular complexity index is 1100. The van der Waals surface area contributed by atoms with Crippen LogP contribution in [-0.4, -0.2) is 22.8 Å². The van der Waals surface area contributed by atoms with Gasteiger partial charge in [-0.2, -0.15) is 0 Å². The lowest BCUT2D eigenvalue weighted by Gasteiger charge is -2.15. The van der Waals surface area contributed by atoms with Crippen molar-refractivity contribution in [1.82, 2.24) is 9.88 Å². The topological polar surface area (TPSA) is 68.2 Å². The van der Waals surface area contributed by atoms with E-state index in [4.69, 9.17) is 0 Å². The molecule has 5 heteroatoms. The van der Waals surface area contributed by atoms with E-state index in [1.165, 1.54) is 6.92 Å². The Morgan fingerprint density at radius 1 is 0.960 bits per heavy atom. The van der Waals surface area contributed by atoms with Gasteiger partial charge in [-0.15, -0.1) is 0 Å². The van der Waals surface area contributed by atoms with Crippen LogP contribution in [0.5, 0.6) is 0 Å². The Labute approximate surface area is 143 Å². The van der Waals surface area contributed by atoms with E-state index in [0.717, 1.165) is 5.56 Å². The normalized spacial score (nSPS) is 12.1. The first kappa shape index (κ1) is 15.3. The molecule has 0 saturated carbocycles. The highest BCUT2D eigenvalue weighted by Gasteiger charge is 2.32. The van der Waals surface area contributed by atoms with E-state index >= 15 is 0 Å². The average molecular weight is 332 g/mol. The number of carbonyl (C=O) groups excluding carboxylic acids is 2. The molecule has 5 nitrogen and oxygen atoms in total. The molecule has 0 saturated heterocycles. The molecule has 0 aliphatic heterocycles. The highest BCUT2D eigenvalue weighted by atomic mass is 16.1. The van der Waals surface area contributed by atoms with E-state index in [1.54, 1.807) is 22.8 Å². The molecule has 0 fully saturated rings. The number of carbonyl (C=O) groups is 2. The zero-order valence-corrected chi connectivity index (χ0v) is 13.7. The van der Waals surface area contributed by atoms with E-state index in [1.807, 2.05) is 30.3 Å². The van der Waals surface area contributed by atoms with Gasteiger partial charge in [0.25, 0.3) is 5.56 Å². The minimum absolute atomic E-state index is 0.0601. The summed E-state index contributed by atoms with van der Waals surface area (Å²) in [6.07, 6.45) is 0. The third-order valence-electron chi connectivity index (χ3n) is 4.54. The number of benzene rings is 2. The van der Waals surface area contributed by atoms with Crippen molar-refractivity contribution in [2.24, 2.45) is 0 Å². The van der Waals surface area contributed by atoms with Crippen LogP contribution in [0.25, 0.3) is 22.0 Å². The molecule has 3 aromatic rings. The number of rotatable bonds is 3. The molecule has 0 atom stereocenters. The number of amides is 1. The van der Waals surface area contributed by atoms with Crippen LogP contribution in [0.3, 0.4) is 0 Å². The van der Waals surface area contributed by atoms with Gasteiger partial charge in [0.15, 0.2) is 5.78 Å². The highest BCUT2D eigenvalue weighted by Crippen LogP contribution is 2.38. The molecule has 1 aromatic heterocycles. The Balaban J connectivity index is 2.03. The van der Waals surface area contributed by atoms with E-state index in [2.05, 4.69) is 5.32 Å². The van der Waals surface area contributed by atoms with Crippen LogP contribution in [0.4, 0.5) is 0 Å². The molecule has 0 bridgehead atoms. The lowest BCUT2D eigenvalue weighted by Crippen LogP contribution is -2.30. The molecule has 124 valence electrons. The summed E-state index contributed by atoms with van der Waals surface area (Å²) in [5, 5.41) is 3.91. The molecule has 1 heterocycles. The summed E-state index contributed by atoms with van der Waals surface area (Å²) < 4.78 is 1.61. The highest BCUT2D eigenvalue weighted by molar-refractivity contribution is 6.26. The summed E-state index contributed by atoms with van der Waals surface area (Å²) >= 11 is 0. The molecule has 0 spiro atoms. The molecule has 25 heavy (non-hydrogen) atoms. The number of hydrogen-bond donors (Lipinski definition) is 1. The summed E-state index contributed by atoms with van der Waals surface area (Å²) in [5.74, 6) is -0.211. The molecule has 4 rings (SSSR count). The largest absolute Gasteiger partial charge is 0.355 e. The van der Waals surface area contributed by atoms with Crippen molar-refractivity contribution in [1.29, 1.82) is 0 Å². The first-order chi connectivity index (χ1) is 12.1. The van der Waals surface area contributed by atoms with Crippen LogP contribution >= 0.6 is 0 Å². The second-order valence-corrected chi connectivity index (χ2v) is 6.08. The van der Waals surface area contributed by atoms with Gasteiger partial charge in [0.2, 0.25) is 5.91 Å². The third kappa shape index (κ3) is 2.28. The van der Waals surface area contributed by atoms with Crippen molar-refractivity contribution in [3.05, 3.63) is 70.0 Å². The van der Waals surface area contributed by atoms with Crippen LogP contribution < -0.4 is 10.9 Å². The quantitative estimate of drug-likeness (QED) is 0.626. The van der Waals surface area contributed by atoms with E-state index in [0.29, 0.717) is 40.7 Å². The van der Waals surface area contributed by atoms with Crippen LogP contribution in [0.15, 0.2) is 53.3 Å². The lowest BCUT2D eigenvalue weighted by molar-refractivity contribution is -0.118. The monoisotopic (exact) mass is 332 g/mol. The Hall–Kier alpha value is -3.21. The molecule has 0 unspecified atom stereocenters. The molecular weight excluding hydrogens is 316 g/mol. The fourth-order valence-corrected chi connectivity index (χ4v) is 3.49. The van der Waals surface area contributed by atoms with E-state index < -0.39 is 0 Å². The van der Waals surface area contributed by atoms with Gasteiger partial charge in [-0.25, -0.2) is 0 Å². The SMILES string of the molecule is CC(=O)NCCn1c2c(c3ccccc3c1=O)C(=O)c1ccccc1-2. The summed E-state index contributed by atoms with van der Waals surface area (Å²) in [6, 6.07) is 14.5. The summed E-state index contributed by atoms with van der Waals surface area (Å²) in [5.41, 5.74) is 2.45. The van der Waals surface area contributed by atoms with Crippen LogP contribution in [0.1, 0.15) is 22.8 Å². The van der Waals surface area contributed by atoms with Crippen molar-refractivity contribution in [2.75, 3.05) is 6.54 Å². The number of fused-ring (bicyclic) bond motifs is 5. The van der Waals surface area contributed by atoms with Gasteiger partial charge in [-0.3, -0.25) is 14.4 Å². The fourth-order valence-electron chi connectivity index (χ4n) is 3.49. The lowest BCUT2D eigenvalue weighted by atomic mass is 10.0. The second-order valence-electron chi connectivity index (χ2n) is 6.08. The zero-order valence-electron chi connectivity index (χ0n) is 13.7. The van der Waals surface area contributed by atoms with Gasteiger partial charge >= 0.3 is 0 Å². The Morgan fingerprint density at radius 3 is 2.32 bits per heavy atom. The molecule has 1 aliphatic carbocycles. The van der Waals surface area contributed by atoms with Crippen molar-refractivity contribution in [3.63, 3.8) is 0 Å². The Morgan fingerprint density at radius 2 is 1.60 bits per heavy atom. The molecule has 1 N–H and O–H groups in total. The van der Waals surface area contributed by atoms with Crippen LogP contribution in [-0.2, 0) is 11.3 Å². The summed E-state index contributed by atoms with van der Waals surface area (Å²) in [6.45, 7) is 2.08. The summed E-state index contributed by atoms with van der Waals surface area (Å²) in [4.78, 5) is 37.1. The minimum Gasteiger partial charge on any atom is -0.355 e. The van der Waals surface area contributed by atoms with Crippen LogP contribution in [0.2, 0.25) is 0 Å². The molecule has 1 amide bonds. The zero-order chi connectivity index (χ0) is 17.6. The van der Waals surface area contributed by atoms with Crippen LogP contribution in [0, 0.1) is 0 Å². The van der Waals surface area contributed by atoms with Crippen molar-refractivity contribution in [2.45, 2.75) is 13.5 Å². The molecule has 1 aliphatic rings. The van der Waals surface area contributed by atoms with Gasteiger partial charge in [0.05, 0.1) is 11.3 Å². The number of ketones is 1. The molecule has 2 aromatic carbocycles. The average Bonchev–Trinajstić information content (AvgIpc) is 2.91. The first-order valence-corrected chi connectivity index (χ1v) is 8.13. The van der Waals surface area contributed by atoms with Crippen molar-refractivity contribution < 1.29 is 9.59 Å². The van der Waals surface area contributed by atoms with Gasteiger partial charge in [-0.05, 0) is 6.07 Å². The van der Waals surface area contributed by atoms with Gasteiger partial charge in [0.1, 0.15) is 0 Å². The maximum Gasteiger partial charge on any atom is 0.259 e. The van der Waals surface area contributed by atoms with E-state index in [9.17, 15) is 14.4 Å². The maximum atomic E-state index is 13.0.